The van der Waals surface area contributed by atoms with E-state index in [0.717, 1.165) is 27.8 Å². The Bertz CT molecular complexity index is 1650. The molecular weight excluding hydrogens is 554 g/mol. The summed E-state index contributed by atoms with van der Waals surface area (Å²) in [5, 5.41) is 7.71. The van der Waals surface area contributed by atoms with Crippen molar-refractivity contribution in [3.63, 3.8) is 0 Å². The van der Waals surface area contributed by atoms with Gasteiger partial charge in [-0.1, -0.05) is 41.6 Å². The topological polar surface area (TPSA) is 124 Å². The maximum absolute atomic E-state index is 13.7. The molecule has 0 unspecified atom stereocenters. The molecule has 3 amide bonds. The van der Waals surface area contributed by atoms with Crippen LogP contribution in [-0.4, -0.2) is 60.4 Å². The Morgan fingerprint density at radius 1 is 1.05 bits per heavy atom. The molecule has 2 aliphatic heterocycles. The zero-order valence-corrected chi connectivity index (χ0v) is 23.1. The number of urea groups is 1. The average Bonchev–Trinajstić information content (AvgIpc) is 3.60. The first-order valence-corrected chi connectivity index (χ1v) is 14.3. The van der Waals surface area contributed by atoms with E-state index in [4.69, 9.17) is 19.2 Å². The van der Waals surface area contributed by atoms with E-state index in [1.807, 2.05) is 42.3 Å². The van der Waals surface area contributed by atoms with Crippen molar-refractivity contribution in [1.29, 1.82) is 0 Å². The van der Waals surface area contributed by atoms with Crippen LogP contribution in [0.15, 0.2) is 58.5 Å². The third kappa shape index (κ3) is 5.48. The zero-order valence-electron chi connectivity index (χ0n) is 21.5. The minimum absolute atomic E-state index is 0.118. The Morgan fingerprint density at radius 2 is 1.82 bits per heavy atom. The number of benzene rings is 2. The Balaban J connectivity index is 1.21. The second-order valence-corrected chi connectivity index (χ2v) is 11.1. The van der Waals surface area contributed by atoms with Crippen molar-refractivity contribution in [2.45, 2.75) is 12.1 Å². The molecule has 206 valence electrons. The second-order valence-electron chi connectivity index (χ2n) is 9.13. The van der Waals surface area contributed by atoms with E-state index in [2.05, 4.69) is 10.6 Å². The molecular formula is C27H25N5O6S2. The van der Waals surface area contributed by atoms with E-state index in [1.54, 1.807) is 18.2 Å². The normalized spacial score (nSPS) is 14.4. The van der Waals surface area contributed by atoms with Crippen LogP contribution in [-0.2, 0) is 9.53 Å². The Hall–Kier alpha value is -4.07. The van der Waals surface area contributed by atoms with Crippen LogP contribution in [0.1, 0.15) is 5.56 Å². The van der Waals surface area contributed by atoms with Gasteiger partial charge in [0, 0.05) is 16.6 Å². The van der Waals surface area contributed by atoms with Crippen LogP contribution in [0.4, 0.5) is 10.5 Å². The molecule has 2 aromatic heterocycles. The Labute approximate surface area is 237 Å². The van der Waals surface area contributed by atoms with E-state index < -0.39 is 11.9 Å². The second kappa shape index (κ2) is 11.2. The van der Waals surface area contributed by atoms with Gasteiger partial charge in [-0.3, -0.25) is 14.9 Å². The number of aromatic nitrogens is 2. The molecule has 0 aliphatic carbocycles. The van der Waals surface area contributed by atoms with E-state index in [1.165, 1.54) is 16.0 Å². The van der Waals surface area contributed by atoms with Crippen LogP contribution in [0.5, 0.6) is 11.5 Å². The molecule has 0 radical (unpaired) electrons. The van der Waals surface area contributed by atoms with Gasteiger partial charge >= 0.3 is 6.03 Å². The number of carbonyl (C=O) groups is 2. The molecule has 13 heteroatoms. The molecule has 0 saturated carbocycles. The lowest BCUT2D eigenvalue weighted by Gasteiger charge is -2.31. The standard InChI is InChI=1S/C27H25N5O6S2/c1-16-2-4-17(5-3-16)22-13-19-24(40-22)30-27(32(25(19)34)31-8-10-36-11-9-31)39-14-23(33)29-26(35)28-18-6-7-20-21(12-18)38-15-37-20/h2-7,12-13H,8-11,14-15H2,1H3,(H2,28,29,33,35). The smallest absolute Gasteiger partial charge is 0.325 e. The number of morpholine rings is 1. The molecule has 2 N–H and O–H groups in total. The lowest BCUT2D eigenvalue weighted by Crippen LogP contribution is -2.49. The van der Waals surface area contributed by atoms with Crippen LogP contribution in [0, 0.1) is 6.92 Å². The molecule has 6 rings (SSSR count). The fraction of sp³-hybridized carbons (Fsp3) is 0.259. The van der Waals surface area contributed by atoms with Crippen LogP contribution in [0.25, 0.3) is 20.7 Å². The highest BCUT2D eigenvalue weighted by Gasteiger charge is 2.22. The molecule has 1 fully saturated rings. The Kier molecular flexibility index (Phi) is 7.32. The predicted molar refractivity (Wildman–Crippen MR) is 153 cm³/mol. The maximum atomic E-state index is 13.7. The minimum atomic E-state index is -0.681. The highest BCUT2D eigenvalue weighted by molar-refractivity contribution is 7.99. The van der Waals surface area contributed by atoms with E-state index in [0.29, 0.717) is 58.9 Å². The van der Waals surface area contributed by atoms with Crippen molar-refractivity contribution >= 4 is 50.9 Å². The van der Waals surface area contributed by atoms with Gasteiger partial charge < -0.3 is 24.5 Å². The number of thiophene rings is 1. The number of nitrogens with zero attached hydrogens (tertiary/aromatic N) is 3. The van der Waals surface area contributed by atoms with Gasteiger partial charge in [-0.2, -0.15) is 4.68 Å². The number of amides is 3. The van der Waals surface area contributed by atoms with Crippen molar-refractivity contribution in [3.8, 4) is 21.9 Å². The van der Waals surface area contributed by atoms with Crippen LogP contribution >= 0.6 is 23.1 Å². The third-order valence-corrected chi connectivity index (χ3v) is 8.34. The molecule has 40 heavy (non-hydrogen) atoms. The van der Waals surface area contributed by atoms with Crippen molar-refractivity contribution in [2.24, 2.45) is 0 Å². The number of rotatable bonds is 6. The summed E-state index contributed by atoms with van der Waals surface area (Å²) in [6.45, 7) is 4.13. The fourth-order valence-electron chi connectivity index (χ4n) is 4.34. The first-order chi connectivity index (χ1) is 19.4. The van der Waals surface area contributed by atoms with E-state index in [9.17, 15) is 14.4 Å². The third-order valence-electron chi connectivity index (χ3n) is 6.34. The first-order valence-electron chi connectivity index (χ1n) is 12.5. The highest BCUT2D eigenvalue weighted by Crippen LogP contribution is 2.34. The summed E-state index contributed by atoms with van der Waals surface area (Å²) in [6.07, 6.45) is 0. The monoisotopic (exact) mass is 579 g/mol. The molecule has 2 aromatic carbocycles. The number of hydrogen-bond acceptors (Lipinski definition) is 10. The molecule has 0 bridgehead atoms. The highest BCUT2D eigenvalue weighted by atomic mass is 32.2. The summed E-state index contributed by atoms with van der Waals surface area (Å²) in [5.74, 6) is 0.456. The fourth-order valence-corrected chi connectivity index (χ4v) is 6.23. The summed E-state index contributed by atoms with van der Waals surface area (Å²) < 4.78 is 17.6. The van der Waals surface area contributed by atoms with Gasteiger partial charge in [0.25, 0.3) is 5.56 Å². The number of fused-ring (bicyclic) bond motifs is 2. The molecule has 1 saturated heterocycles. The summed E-state index contributed by atoms with van der Waals surface area (Å²) >= 11 is 2.53. The molecule has 2 aliphatic rings. The summed E-state index contributed by atoms with van der Waals surface area (Å²) in [7, 11) is 0. The number of thioether (sulfide) groups is 1. The summed E-state index contributed by atoms with van der Waals surface area (Å²) in [5.41, 5.74) is 2.41. The van der Waals surface area contributed by atoms with Gasteiger partial charge in [-0.25, -0.2) is 9.78 Å². The summed E-state index contributed by atoms with van der Waals surface area (Å²) in [4.78, 5) is 45.1. The number of imide groups is 1. The molecule has 0 spiro atoms. The molecule has 4 aromatic rings. The van der Waals surface area contributed by atoms with Crippen molar-refractivity contribution in [1.82, 2.24) is 15.0 Å². The first kappa shape index (κ1) is 26.2. The number of anilines is 1. The lowest BCUT2D eigenvalue weighted by atomic mass is 10.1. The number of hydrogen-bond donors (Lipinski definition) is 2. The molecule has 11 nitrogen and oxygen atoms in total. The van der Waals surface area contributed by atoms with Crippen molar-refractivity contribution in [2.75, 3.05) is 49.2 Å². The lowest BCUT2D eigenvalue weighted by molar-refractivity contribution is -0.117. The molecule has 0 atom stereocenters. The minimum Gasteiger partial charge on any atom is -0.454 e. The summed E-state index contributed by atoms with van der Waals surface area (Å²) in [6, 6.07) is 14.2. The van der Waals surface area contributed by atoms with Crippen LogP contribution < -0.4 is 30.7 Å². The maximum Gasteiger partial charge on any atom is 0.325 e. The quantitative estimate of drug-likeness (QED) is 0.261. The van der Waals surface area contributed by atoms with Gasteiger partial charge in [0.05, 0.1) is 37.4 Å². The zero-order chi connectivity index (χ0) is 27.6. The SMILES string of the molecule is Cc1ccc(-c2cc3c(=O)n(N4CCOCC4)c(SCC(=O)NC(=O)Nc4ccc5c(c4)OCO5)nc3s2)cc1. The molecule has 4 heterocycles. The largest absolute Gasteiger partial charge is 0.454 e. The van der Waals surface area contributed by atoms with Crippen molar-refractivity contribution in [3.05, 3.63) is 64.4 Å². The number of nitrogens with one attached hydrogen (secondary N) is 2. The van der Waals surface area contributed by atoms with Crippen molar-refractivity contribution < 1.29 is 23.8 Å². The van der Waals surface area contributed by atoms with E-state index >= 15 is 0 Å². The van der Waals surface area contributed by atoms with Crippen LogP contribution in [0.3, 0.4) is 0 Å². The Morgan fingerprint density at radius 3 is 2.62 bits per heavy atom. The number of ether oxygens (including phenoxy) is 3. The number of aryl methyl sites for hydroxylation is 1. The van der Waals surface area contributed by atoms with Gasteiger partial charge in [0.15, 0.2) is 16.7 Å². The van der Waals surface area contributed by atoms with Gasteiger partial charge in [0.1, 0.15) is 4.83 Å². The number of carbonyl (C=O) groups excluding carboxylic acids is 2. The van der Waals surface area contributed by atoms with Gasteiger partial charge in [0.2, 0.25) is 12.7 Å². The average molecular weight is 580 g/mol. The van der Waals surface area contributed by atoms with E-state index in [-0.39, 0.29) is 18.1 Å². The van der Waals surface area contributed by atoms with Crippen LogP contribution in [0.2, 0.25) is 0 Å². The van der Waals surface area contributed by atoms with Gasteiger partial charge in [-0.15, -0.1) is 11.3 Å². The van der Waals surface area contributed by atoms with Gasteiger partial charge in [-0.05, 0) is 30.7 Å². The predicted octanol–water partition coefficient (Wildman–Crippen LogP) is 3.57.